The number of hydrogen-bond acceptors (Lipinski definition) is 4. The van der Waals surface area contributed by atoms with E-state index in [-0.39, 0.29) is 17.4 Å². The summed E-state index contributed by atoms with van der Waals surface area (Å²) >= 11 is 0. The lowest BCUT2D eigenvalue weighted by molar-refractivity contribution is -0.127. The summed E-state index contributed by atoms with van der Waals surface area (Å²) in [6.07, 6.45) is 5.24. The average Bonchev–Trinajstić information content (AvgIpc) is 3.29. The molecule has 2 atom stereocenters. The van der Waals surface area contributed by atoms with Gasteiger partial charge in [0.05, 0.1) is 12.5 Å². The first-order chi connectivity index (χ1) is 12.6. The van der Waals surface area contributed by atoms with Crippen LogP contribution in [0.1, 0.15) is 37.7 Å². The van der Waals surface area contributed by atoms with Gasteiger partial charge in [-0.15, -0.1) is 0 Å². The van der Waals surface area contributed by atoms with Gasteiger partial charge in [0.2, 0.25) is 5.91 Å². The zero-order valence-corrected chi connectivity index (χ0v) is 16.0. The fourth-order valence-electron chi connectivity index (χ4n) is 5.16. The van der Waals surface area contributed by atoms with Crippen molar-refractivity contribution in [2.24, 2.45) is 0 Å². The molecule has 0 aromatic heterocycles. The van der Waals surface area contributed by atoms with Crippen LogP contribution >= 0.6 is 0 Å². The SMILES string of the molecule is COc1ccc(C2(C(=O)N[C@H]3C[C@H]4CN(C)CCN4C3)CCCC2)cc1. The largest absolute Gasteiger partial charge is 0.497 e. The number of fused-ring (bicyclic) bond motifs is 1. The average molecular weight is 357 g/mol. The Bertz CT molecular complexity index is 639. The molecule has 1 aromatic carbocycles. The van der Waals surface area contributed by atoms with Gasteiger partial charge in [0, 0.05) is 38.3 Å². The number of nitrogens with zero attached hydrogens (tertiary/aromatic N) is 2. The number of nitrogens with one attached hydrogen (secondary N) is 1. The molecule has 0 unspecified atom stereocenters. The molecule has 5 heteroatoms. The molecule has 0 spiro atoms. The number of amides is 1. The normalized spacial score (nSPS) is 28.7. The van der Waals surface area contributed by atoms with Crippen LogP contribution in [-0.2, 0) is 10.2 Å². The molecule has 1 aromatic rings. The van der Waals surface area contributed by atoms with Crippen LogP contribution in [0.2, 0.25) is 0 Å². The molecule has 142 valence electrons. The molecule has 3 aliphatic rings. The third kappa shape index (κ3) is 3.23. The molecule has 1 aliphatic carbocycles. The Labute approximate surface area is 156 Å². The van der Waals surface area contributed by atoms with Crippen molar-refractivity contribution in [3.8, 4) is 5.75 Å². The minimum absolute atomic E-state index is 0.235. The Morgan fingerprint density at radius 2 is 1.88 bits per heavy atom. The number of benzene rings is 1. The van der Waals surface area contributed by atoms with E-state index in [4.69, 9.17) is 4.74 Å². The summed E-state index contributed by atoms with van der Waals surface area (Å²) < 4.78 is 5.29. The summed E-state index contributed by atoms with van der Waals surface area (Å²) in [6, 6.07) is 9.00. The highest BCUT2D eigenvalue weighted by molar-refractivity contribution is 5.89. The van der Waals surface area contributed by atoms with Crippen LogP contribution in [-0.4, -0.2) is 68.1 Å². The van der Waals surface area contributed by atoms with Crippen molar-refractivity contribution in [3.63, 3.8) is 0 Å². The second kappa shape index (κ2) is 7.20. The van der Waals surface area contributed by atoms with E-state index in [0.29, 0.717) is 6.04 Å². The zero-order chi connectivity index (χ0) is 18.1. The topological polar surface area (TPSA) is 44.8 Å². The van der Waals surface area contributed by atoms with Crippen LogP contribution in [0.15, 0.2) is 24.3 Å². The predicted molar refractivity (Wildman–Crippen MR) is 103 cm³/mol. The minimum atomic E-state index is -0.355. The number of piperazine rings is 1. The van der Waals surface area contributed by atoms with Gasteiger partial charge in [-0.05, 0) is 44.0 Å². The number of carbonyl (C=O) groups is 1. The van der Waals surface area contributed by atoms with E-state index < -0.39 is 0 Å². The van der Waals surface area contributed by atoms with Crippen LogP contribution in [0, 0.1) is 0 Å². The Morgan fingerprint density at radius 1 is 1.15 bits per heavy atom. The van der Waals surface area contributed by atoms with Crippen molar-refractivity contribution >= 4 is 5.91 Å². The van der Waals surface area contributed by atoms with Crippen LogP contribution in [0.4, 0.5) is 0 Å². The second-order valence-corrected chi connectivity index (χ2v) is 8.33. The van der Waals surface area contributed by atoms with E-state index in [9.17, 15) is 4.79 Å². The van der Waals surface area contributed by atoms with Crippen molar-refractivity contribution in [1.82, 2.24) is 15.1 Å². The molecule has 26 heavy (non-hydrogen) atoms. The van der Waals surface area contributed by atoms with E-state index >= 15 is 0 Å². The van der Waals surface area contributed by atoms with Crippen molar-refractivity contribution < 1.29 is 9.53 Å². The molecule has 0 bridgehead atoms. The Morgan fingerprint density at radius 3 is 2.58 bits per heavy atom. The standard InChI is InChI=1S/C21H31N3O2/c1-23-11-12-24-14-17(13-18(24)15-23)22-20(25)21(9-3-4-10-21)16-5-7-19(26-2)8-6-16/h5-8,17-18H,3-4,9-15H2,1-2H3,(H,22,25)/t17-,18-/m0/s1. The molecular formula is C21H31N3O2. The van der Waals surface area contributed by atoms with Gasteiger partial charge in [0.15, 0.2) is 0 Å². The Kier molecular flexibility index (Phi) is 4.93. The van der Waals surface area contributed by atoms with E-state index in [0.717, 1.165) is 69.6 Å². The molecule has 2 heterocycles. The highest BCUT2D eigenvalue weighted by atomic mass is 16.5. The summed E-state index contributed by atoms with van der Waals surface area (Å²) in [4.78, 5) is 18.3. The van der Waals surface area contributed by atoms with Gasteiger partial charge in [-0.1, -0.05) is 25.0 Å². The smallest absolute Gasteiger partial charge is 0.230 e. The molecule has 2 aliphatic heterocycles. The number of methoxy groups -OCH3 is 1. The monoisotopic (exact) mass is 357 g/mol. The first-order valence-electron chi connectivity index (χ1n) is 9.99. The lowest BCUT2D eigenvalue weighted by atomic mass is 9.77. The van der Waals surface area contributed by atoms with Crippen LogP contribution < -0.4 is 10.1 Å². The van der Waals surface area contributed by atoms with Crippen molar-refractivity contribution in [2.45, 2.75) is 49.6 Å². The van der Waals surface area contributed by atoms with Gasteiger partial charge in [-0.3, -0.25) is 9.69 Å². The zero-order valence-electron chi connectivity index (χ0n) is 16.0. The van der Waals surface area contributed by atoms with E-state index in [1.807, 2.05) is 12.1 Å². The molecule has 1 N–H and O–H groups in total. The molecule has 3 fully saturated rings. The quantitative estimate of drug-likeness (QED) is 0.895. The molecule has 2 saturated heterocycles. The lowest BCUT2D eigenvalue weighted by Crippen LogP contribution is -2.49. The van der Waals surface area contributed by atoms with Crippen molar-refractivity contribution in [2.75, 3.05) is 40.3 Å². The van der Waals surface area contributed by atoms with E-state index in [1.165, 1.54) is 0 Å². The molecule has 5 nitrogen and oxygen atoms in total. The highest BCUT2D eigenvalue weighted by Crippen LogP contribution is 2.42. The van der Waals surface area contributed by atoms with Gasteiger partial charge in [0.1, 0.15) is 5.75 Å². The summed E-state index contributed by atoms with van der Waals surface area (Å²) in [6.45, 7) is 4.38. The van der Waals surface area contributed by atoms with Gasteiger partial charge in [0.25, 0.3) is 0 Å². The van der Waals surface area contributed by atoms with E-state index in [1.54, 1.807) is 7.11 Å². The third-order valence-electron chi connectivity index (χ3n) is 6.69. The summed E-state index contributed by atoms with van der Waals surface area (Å²) in [7, 11) is 3.87. The summed E-state index contributed by atoms with van der Waals surface area (Å²) in [5.74, 6) is 1.08. The lowest BCUT2D eigenvalue weighted by Gasteiger charge is -2.34. The van der Waals surface area contributed by atoms with Crippen molar-refractivity contribution in [1.29, 1.82) is 0 Å². The Balaban J connectivity index is 1.47. The molecular weight excluding hydrogens is 326 g/mol. The fourth-order valence-corrected chi connectivity index (χ4v) is 5.16. The summed E-state index contributed by atoms with van der Waals surface area (Å²) in [5, 5.41) is 3.43. The van der Waals surface area contributed by atoms with Crippen LogP contribution in [0.5, 0.6) is 5.75 Å². The van der Waals surface area contributed by atoms with Gasteiger partial charge < -0.3 is 15.0 Å². The fraction of sp³-hybridized carbons (Fsp3) is 0.667. The maximum absolute atomic E-state index is 13.4. The highest BCUT2D eigenvalue weighted by Gasteiger charge is 2.44. The third-order valence-corrected chi connectivity index (χ3v) is 6.69. The number of likely N-dealkylation sites (N-methyl/N-ethyl adjacent to an activating group) is 1. The van der Waals surface area contributed by atoms with Gasteiger partial charge in [-0.2, -0.15) is 0 Å². The molecule has 4 rings (SSSR count). The van der Waals surface area contributed by atoms with Crippen LogP contribution in [0.3, 0.4) is 0 Å². The maximum atomic E-state index is 13.4. The Hall–Kier alpha value is -1.59. The van der Waals surface area contributed by atoms with E-state index in [2.05, 4.69) is 34.3 Å². The second-order valence-electron chi connectivity index (χ2n) is 8.33. The molecule has 1 amide bonds. The molecule has 1 saturated carbocycles. The maximum Gasteiger partial charge on any atom is 0.230 e. The van der Waals surface area contributed by atoms with Gasteiger partial charge in [-0.25, -0.2) is 0 Å². The predicted octanol–water partition coefficient (Wildman–Crippen LogP) is 2.01. The van der Waals surface area contributed by atoms with Crippen molar-refractivity contribution in [3.05, 3.63) is 29.8 Å². The van der Waals surface area contributed by atoms with Crippen LogP contribution in [0.25, 0.3) is 0 Å². The van der Waals surface area contributed by atoms with Gasteiger partial charge >= 0.3 is 0 Å². The molecule has 0 radical (unpaired) electrons. The minimum Gasteiger partial charge on any atom is -0.497 e. The first-order valence-corrected chi connectivity index (χ1v) is 9.99. The number of ether oxygens (including phenoxy) is 1. The first kappa shape index (κ1) is 17.8. The number of carbonyl (C=O) groups excluding carboxylic acids is 1. The number of rotatable bonds is 4. The summed E-state index contributed by atoms with van der Waals surface area (Å²) in [5.41, 5.74) is 0.787. The number of hydrogen-bond donors (Lipinski definition) is 1.